The van der Waals surface area contributed by atoms with Gasteiger partial charge in [-0.3, -0.25) is 15.0 Å². The molecule has 2 aliphatic heterocycles. The molecule has 2 aliphatic rings. The first-order valence-electron chi connectivity index (χ1n) is 11.3. The largest absolute Gasteiger partial charge is 0.369 e. The van der Waals surface area contributed by atoms with Crippen molar-refractivity contribution in [3.8, 4) is 0 Å². The number of nitrogens with one attached hydrogen (secondary N) is 1. The van der Waals surface area contributed by atoms with Crippen LogP contribution in [0.3, 0.4) is 0 Å². The van der Waals surface area contributed by atoms with Gasteiger partial charge in [-0.2, -0.15) is 0 Å². The molecule has 2 saturated heterocycles. The van der Waals surface area contributed by atoms with Crippen molar-refractivity contribution in [3.63, 3.8) is 0 Å². The molecule has 164 valence electrons. The molecule has 0 aliphatic carbocycles. The second-order valence-electron chi connectivity index (χ2n) is 8.64. The standard InChI is InChI=1S/C26H28N4O2/c31-30(32)25-14-13-22(29-17-16-28-15-7-12-23(28)19-29)18-24(25)27-26(20-8-3-1-4-9-20)21-10-5-2-6-11-21/h1-6,8-11,13-14,18,23,26-27H,7,12,15-17,19H2. The first-order chi connectivity index (χ1) is 15.7. The molecule has 32 heavy (non-hydrogen) atoms. The molecule has 0 amide bonds. The van der Waals surface area contributed by atoms with E-state index < -0.39 is 0 Å². The maximum atomic E-state index is 11.9. The van der Waals surface area contributed by atoms with Crippen molar-refractivity contribution >= 4 is 17.1 Å². The molecular weight excluding hydrogens is 400 g/mol. The Hall–Kier alpha value is -3.38. The smallest absolute Gasteiger partial charge is 0.292 e. The van der Waals surface area contributed by atoms with Crippen LogP contribution in [-0.2, 0) is 0 Å². The summed E-state index contributed by atoms with van der Waals surface area (Å²) in [5.74, 6) is 0. The first kappa shape index (κ1) is 20.5. The summed E-state index contributed by atoms with van der Waals surface area (Å²) in [5.41, 5.74) is 3.84. The van der Waals surface area contributed by atoms with Crippen LogP contribution >= 0.6 is 0 Å². The van der Waals surface area contributed by atoms with Crippen LogP contribution in [0.1, 0.15) is 30.0 Å². The summed E-state index contributed by atoms with van der Waals surface area (Å²) in [5, 5.41) is 15.4. The first-order valence-corrected chi connectivity index (χ1v) is 11.3. The molecular formula is C26H28N4O2. The van der Waals surface area contributed by atoms with Crippen LogP contribution in [0.5, 0.6) is 0 Å². The zero-order valence-electron chi connectivity index (χ0n) is 18.1. The molecule has 1 unspecified atom stereocenters. The van der Waals surface area contributed by atoms with Crippen LogP contribution in [0.25, 0.3) is 0 Å². The van der Waals surface area contributed by atoms with E-state index in [1.807, 2.05) is 48.5 Å². The summed E-state index contributed by atoms with van der Waals surface area (Å²) >= 11 is 0. The van der Waals surface area contributed by atoms with E-state index in [2.05, 4.69) is 39.4 Å². The predicted molar refractivity (Wildman–Crippen MR) is 128 cm³/mol. The fraction of sp³-hybridized carbons (Fsp3) is 0.308. The molecule has 6 nitrogen and oxygen atoms in total. The Morgan fingerprint density at radius 2 is 1.59 bits per heavy atom. The lowest BCUT2D eigenvalue weighted by atomic mass is 9.98. The van der Waals surface area contributed by atoms with Crippen LogP contribution in [0.4, 0.5) is 17.1 Å². The molecule has 3 aromatic rings. The molecule has 2 fully saturated rings. The Bertz CT molecular complexity index is 1030. The Morgan fingerprint density at radius 3 is 2.25 bits per heavy atom. The summed E-state index contributed by atoms with van der Waals surface area (Å²) in [7, 11) is 0. The number of benzene rings is 3. The van der Waals surface area contributed by atoms with Crippen molar-refractivity contribution in [2.75, 3.05) is 36.4 Å². The number of piperazine rings is 1. The maximum absolute atomic E-state index is 11.9. The topological polar surface area (TPSA) is 61.7 Å². The van der Waals surface area contributed by atoms with Gasteiger partial charge < -0.3 is 10.2 Å². The highest BCUT2D eigenvalue weighted by atomic mass is 16.6. The average molecular weight is 429 g/mol. The Balaban J connectivity index is 1.49. The zero-order valence-corrected chi connectivity index (χ0v) is 18.1. The van der Waals surface area contributed by atoms with Crippen LogP contribution in [0, 0.1) is 10.1 Å². The van der Waals surface area contributed by atoms with Gasteiger partial charge in [-0.05, 0) is 42.6 Å². The monoisotopic (exact) mass is 428 g/mol. The van der Waals surface area contributed by atoms with Crippen molar-refractivity contribution in [1.29, 1.82) is 0 Å². The SMILES string of the molecule is O=[N+]([O-])c1ccc(N2CCN3CCCC3C2)cc1NC(c1ccccc1)c1ccccc1. The quantitative estimate of drug-likeness (QED) is 0.438. The summed E-state index contributed by atoms with van der Waals surface area (Å²) in [6, 6.07) is 26.1. The van der Waals surface area contributed by atoms with E-state index in [0.29, 0.717) is 11.7 Å². The number of anilines is 2. The van der Waals surface area contributed by atoms with Gasteiger partial charge in [-0.15, -0.1) is 0 Å². The lowest BCUT2D eigenvalue weighted by Crippen LogP contribution is -2.50. The zero-order chi connectivity index (χ0) is 21.9. The van der Waals surface area contributed by atoms with Gasteiger partial charge in [-0.1, -0.05) is 60.7 Å². The maximum Gasteiger partial charge on any atom is 0.292 e. The molecule has 0 radical (unpaired) electrons. The predicted octanol–water partition coefficient (Wildman–Crippen LogP) is 5.08. The van der Waals surface area contributed by atoms with Crippen LogP contribution in [0.15, 0.2) is 78.9 Å². The highest BCUT2D eigenvalue weighted by molar-refractivity contribution is 5.70. The average Bonchev–Trinajstić information content (AvgIpc) is 3.31. The van der Waals surface area contributed by atoms with Crippen LogP contribution in [0.2, 0.25) is 0 Å². The fourth-order valence-electron chi connectivity index (χ4n) is 5.03. The number of fused-ring (bicyclic) bond motifs is 1. The van der Waals surface area contributed by atoms with E-state index in [0.717, 1.165) is 36.4 Å². The van der Waals surface area contributed by atoms with E-state index >= 15 is 0 Å². The van der Waals surface area contributed by atoms with Crippen LogP contribution in [-0.4, -0.2) is 42.0 Å². The molecule has 0 spiro atoms. The van der Waals surface area contributed by atoms with Gasteiger partial charge in [0, 0.05) is 37.4 Å². The van der Waals surface area contributed by atoms with Crippen molar-refractivity contribution in [2.24, 2.45) is 0 Å². The van der Waals surface area contributed by atoms with E-state index in [9.17, 15) is 10.1 Å². The number of rotatable bonds is 6. The highest BCUT2D eigenvalue weighted by Crippen LogP contribution is 2.36. The van der Waals surface area contributed by atoms with Gasteiger partial charge in [0.2, 0.25) is 0 Å². The van der Waals surface area contributed by atoms with E-state index in [1.54, 1.807) is 6.07 Å². The van der Waals surface area contributed by atoms with Crippen molar-refractivity contribution < 1.29 is 4.92 Å². The van der Waals surface area contributed by atoms with E-state index in [4.69, 9.17) is 0 Å². The summed E-state index contributed by atoms with van der Waals surface area (Å²) < 4.78 is 0. The molecule has 0 bridgehead atoms. The number of hydrogen-bond acceptors (Lipinski definition) is 5. The molecule has 0 aromatic heterocycles. The van der Waals surface area contributed by atoms with Crippen molar-refractivity contribution in [3.05, 3.63) is 100 Å². The molecule has 5 rings (SSSR count). The molecule has 0 saturated carbocycles. The summed E-state index contributed by atoms with van der Waals surface area (Å²) in [6.07, 6.45) is 2.50. The van der Waals surface area contributed by atoms with Gasteiger partial charge in [0.05, 0.1) is 11.0 Å². The third-order valence-electron chi connectivity index (χ3n) is 6.69. The Kier molecular flexibility index (Phi) is 5.77. The number of nitrogens with zero attached hydrogens (tertiary/aromatic N) is 3. The van der Waals surface area contributed by atoms with Gasteiger partial charge in [0.15, 0.2) is 0 Å². The van der Waals surface area contributed by atoms with Gasteiger partial charge in [0.1, 0.15) is 5.69 Å². The van der Waals surface area contributed by atoms with Crippen molar-refractivity contribution in [2.45, 2.75) is 24.9 Å². The summed E-state index contributed by atoms with van der Waals surface area (Å²) in [6.45, 7) is 4.19. The van der Waals surface area contributed by atoms with Gasteiger partial charge in [-0.25, -0.2) is 0 Å². The van der Waals surface area contributed by atoms with Crippen molar-refractivity contribution in [1.82, 2.24) is 4.90 Å². The van der Waals surface area contributed by atoms with E-state index in [-0.39, 0.29) is 16.7 Å². The Labute approximate surface area is 188 Å². The number of nitro groups is 1. The molecule has 1 N–H and O–H groups in total. The lowest BCUT2D eigenvalue weighted by Gasteiger charge is -2.39. The van der Waals surface area contributed by atoms with E-state index in [1.165, 1.54) is 19.4 Å². The van der Waals surface area contributed by atoms with Gasteiger partial charge in [0.25, 0.3) is 5.69 Å². The summed E-state index contributed by atoms with van der Waals surface area (Å²) in [4.78, 5) is 16.5. The highest BCUT2D eigenvalue weighted by Gasteiger charge is 2.31. The third kappa shape index (κ3) is 4.18. The second kappa shape index (κ2) is 9.01. The fourth-order valence-corrected chi connectivity index (χ4v) is 5.03. The minimum atomic E-state index is -0.298. The van der Waals surface area contributed by atoms with Gasteiger partial charge >= 0.3 is 0 Å². The molecule has 2 heterocycles. The normalized spacial score (nSPS) is 18.5. The third-order valence-corrected chi connectivity index (χ3v) is 6.69. The number of nitro benzene ring substituents is 1. The van der Waals surface area contributed by atoms with Crippen LogP contribution < -0.4 is 10.2 Å². The minimum Gasteiger partial charge on any atom is -0.369 e. The second-order valence-corrected chi connectivity index (χ2v) is 8.64. The lowest BCUT2D eigenvalue weighted by molar-refractivity contribution is -0.384. The molecule has 6 heteroatoms. The molecule has 1 atom stereocenters. The minimum absolute atomic E-state index is 0.102. The number of hydrogen-bond donors (Lipinski definition) is 1. The Morgan fingerprint density at radius 1 is 0.906 bits per heavy atom. The molecule has 3 aromatic carbocycles.